The molecule has 198 valence electrons. The summed E-state index contributed by atoms with van der Waals surface area (Å²) >= 11 is 0.955. The van der Waals surface area contributed by atoms with Crippen LogP contribution in [0, 0.1) is 0 Å². The Morgan fingerprint density at radius 2 is 1.89 bits per heavy atom. The number of halogens is 3. The van der Waals surface area contributed by atoms with Gasteiger partial charge in [-0.2, -0.15) is 13.2 Å². The van der Waals surface area contributed by atoms with Gasteiger partial charge in [0, 0.05) is 16.4 Å². The number of benzene rings is 1. The highest BCUT2D eigenvalue weighted by Gasteiger charge is 2.44. The molecule has 0 spiro atoms. The van der Waals surface area contributed by atoms with Gasteiger partial charge in [0.05, 0.1) is 46.8 Å². The molecule has 9 nitrogen and oxygen atoms in total. The highest BCUT2D eigenvalue weighted by Crippen LogP contribution is 2.47. The number of carbonyl (C=O) groups is 1. The second-order valence-corrected chi connectivity index (χ2v) is 11.8. The number of ether oxygens (including phenoxy) is 1. The molecule has 1 saturated carbocycles. The van der Waals surface area contributed by atoms with Crippen molar-refractivity contribution < 1.29 is 31.1 Å². The summed E-state index contributed by atoms with van der Waals surface area (Å²) in [7, 11) is -3.62. The first kappa shape index (κ1) is 26.8. The fraction of sp³-hybridized carbons (Fsp3) is 0.391. The first-order chi connectivity index (χ1) is 17.3. The lowest BCUT2D eigenvalue weighted by molar-refractivity contribution is -0.138. The number of carbonyl (C=O) groups excluding carboxylic acids is 1. The minimum Gasteiger partial charge on any atom is -0.477 e. The van der Waals surface area contributed by atoms with E-state index in [0.717, 1.165) is 17.4 Å². The number of primary amides is 1. The van der Waals surface area contributed by atoms with Crippen LogP contribution in [0.1, 0.15) is 60.8 Å². The maximum Gasteiger partial charge on any atom is 0.417 e. The van der Waals surface area contributed by atoms with Gasteiger partial charge in [0.25, 0.3) is 0 Å². The molecule has 0 saturated heterocycles. The van der Waals surface area contributed by atoms with Crippen LogP contribution in [0.4, 0.5) is 18.3 Å². The molecule has 2 heterocycles. The third-order valence-electron chi connectivity index (χ3n) is 5.90. The molecule has 3 N–H and O–H groups in total. The van der Waals surface area contributed by atoms with Crippen LogP contribution in [0.3, 0.4) is 0 Å². The number of nitrogens with one attached hydrogen (secondary N) is 1. The minimum absolute atomic E-state index is 0.0364. The molecule has 0 atom stereocenters. The van der Waals surface area contributed by atoms with E-state index < -0.39 is 43.9 Å². The normalized spacial score (nSPS) is 14.4. The van der Waals surface area contributed by atoms with Crippen molar-refractivity contribution in [1.29, 1.82) is 0 Å². The summed E-state index contributed by atoms with van der Waals surface area (Å²) in [5, 5.41) is 1.02. The van der Waals surface area contributed by atoms with E-state index in [1.807, 2.05) is 0 Å². The highest BCUT2D eigenvalue weighted by molar-refractivity contribution is 7.93. The number of hydrogen-bond acceptors (Lipinski definition) is 8. The van der Waals surface area contributed by atoms with Crippen LogP contribution in [0.5, 0.6) is 5.88 Å². The van der Waals surface area contributed by atoms with E-state index in [-0.39, 0.29) is 40.1 Å². The largest absolute Gasteiger partial charge is 0.477 e. The highest BCUT2D eigenvalue weighted by atomic mass is 32.2. The molecule has 0 bridgehead atoms. The monoisotopic (exact) mass is 555 g/mol. The number of sulfonamides is 1. The van der Waals surface area contributed by atoms with Crippen LogP contribution in [0.25, 0.3) is 11.3 Å². The molecule has 3 aromatic rings. The van der Waals surface area contributed by atoms with Crippen molar-refractivity contribution >= 4 is 32.4 Å². The second kappa shape index (κ2) is 9.56. The molecule has 37 heavy (non-hydrogen) atoms. The third kappa shape index (κ3) is 5.39. The molecule has 2 aromatic heterocycles. The maximum atomic E-state index is 14.6. The molecular formula is C23H24F3N5O4S2. The Balaban J connectivity index is 1.93. The number of amides is 1. The van der Waals surface area contributed by atoms with Gasteiger partial charge in [0.15, 0.2) is 5.13 Å². The predicted molar refractivity (Wildman–Crippen MR) is 132 cm³/mol. The SMILES string of the molecule is CCOc1cncc(-c2ccc(C(N)=O)c(C(F)(F)F)c2C(C)(C)c2csc(NS(=O)(=O)C3CC3)n2)n1. The number of anilines is 1. The Labute approximate surface area is 215 Å². The lowest BCUT2D eigenvalue weighted by atomic mass is 9.74. The van der Waals surface area contributed by atoms with Gasteiger partial charge in [0.2, 0.25) is 21.8 Å². The Morgan fingerprint density at radius 3 is 2.49 bits per heavy atom. The number of nitrogens with zero attached hydrogens (tertiary/aromatic N) is 3. The molecule has 4 rings (SSSR count). The van der Waals surface area contributed by atoms with Crippen LogP contribution in [-0.4, -0.2) is 41.1 Å². The summed E-state index contributed by atoms with van der Waals surface area (Å²) < 4.78 is 76.1. The first-order valence-corrected chi connectivity index (χ1v) is 13.7. The number of hydrogen-bond donors (Lipinski definition) is 2. The number of nitrogens with two attached hydrogens (primary N) is 1. The average molecular weight is 556 g/mol. The van der Waals surface area contributed by atoms with Crippen molar-refractivity contribution in [3.05, 3.63) is 52.3 Å². The number of alkyl halides is 3. The Morgan fingerprint density at radius 1 is 1.19 bits per heavy atom. The second-order valence-electron chi connectivity index (χ2n) is 8.96. The molecule has 1 aliphatic rings. The molecular weight excluding hydrogens is 531 g/mol. The van der Waals surface area contributed by atoms with Crippen molar-refractivity contribution in [1.82, 2.24) is 15.0 Å². The standard InChI is InChI=1S/C23H24F3N5O4S2/c1-4-35-17-10-28-9-15(29-17)13-7-8-14(20(27)32)19(23(24,25)26)18(13)22(2,3)16-11-36-21(30-16)31-37(33,34)12-5-6-12/h7-12H,4-6H2,1-3H3,(H2,27,32)(H,30,31). The van der Waals surface area contributed by atoms with Gasteiger partial charge in [0.1, 0.15) is 0 Å². The Kier molecular flexibility index (Phi) is 6.92. The Bertz CT molecular complexity index is 1450. The van der Waals surface area contributed by atoms with Crippen LogP contribution in [0.15, 0.2) is 29.9 Å². The zero-order valence-electron chi connectivity index (χ0n) is 20.1. The molecule has 1 fully saturated rings. The van der Waals surface area contributed by atoms with E-state index >= 15 is 0 Å². The van der Waals surface area contributed by atoms with Crippen LogP contribution in [0.2, 0.25) is 0 Å². The zero-order chi connectivity index (χ0) is 27.2. The van der Waals surface area contributed by atoms with Gasteiger partial charge >= 0.3 is 6.18 Å². The lowest BCUT2D eigenvalue weighted by Gasteiger charge is -2.30. The fourth-order valence-corrected chi connectivity index (χ4v) is 6.45. The molecule has 0 aliphatic heterocycles. The molecule has 1 amide bonds. The van der Waals surface area contributed by atoms with E-state index in [9.17, 15) is 26.4 Å². The van der Waals surface area contributed by atoms with Crippen molar-refractivity contribution in [2.45, 2.75) is 50.5 Å². The van der Waals surface area contributed by atoms with Crippen LogP contribution < -0.4 is 15.2 Å². The van der Waals surface area contributed by atoms with Crippen molar-refractivity contribution in [2.75, 3.05) is 11.3 Å². The molecule has 1 aliphatic carbocycles. The van der Waals surface area contributed by atoms with Gasteiger partial charge in [-0.3, -0.25) is 14.5 Å². The minimum atomic E-state index is -4.97. The fourth-order valence-electron chi connectivity index (χ4n) is 3.98. The first-order valence-electron chi connectivity index (χ1n) is 11.2. The van der Waals surface area contributed by atoms with E-state index in [0.29, 0.717) is 12.8 Å². The van der Waals surface area contributed by atoms with Crippen molar-refractivity contribution in [2.24, 2.45) is 5.73 Å². The number of rotatable bonds is 9. The van der Waals surface area contributed by atoms with E-state index in [1.165, 1.54) is 37.7 Å². The topological polar surface area (TPSA) is 137 Å². The van der Waals surface area contributed by atoms with Gasteiger partial charge in [-0.25, -0.2) is 18.4 Å². The molecule has 0 unspecified atom stereocenters. The maximum absolute atomic E-state index is 14.6. The van der Waals surface area contributed by atoms with Gasteiger partial charge in [-0.05, 0) is 31.4 Å². The summed E-state index contributed by atoms with van der Waals surface area (Å²) in [6, 6.07) is 2.33. The molecule has 0 radical (unpaired) electrons. The van der Waals surface area contributed by atoms with Crippen molar-refractivity contribution in [3.63, 3.8) is 0 Å². The quantitative estimate of drug-likeness (QED) is 0.401. The summed E-state index contributed by atoms with van der Waals surface area (Å²) in [5.74, 6) is -1.14. The number of thiazole rings is 1. The summed E-state index contributed by atoms with van der Waals surface area (Å²) in [4.78, 5) is 24.7. The summed E-state index contributed by atoms with van der Waals surface area (Å²) in [5.41, 5.74) is 1.92. The number of aromatic nitrogens is 3. The summed E-state index contributed by atoms with van der Waals surface area (Å²) in [6.07, 6.45) is -1.26. The van der Waals surface area contributed by atoms with Gasteiger partial charge < -0.3 is 10.5 Å². The van der Waals surface area contributed by atoms with E-state index in [2.05, 4.69) is 19.7 Å². The van der Waals surface area contributed by atoms with E-state index in [1.54, 1.807) is 6.92 Å². The van der Waals surface area contributed by atoms with Crippen LogP contribution in [-0.2, 0) is 21.6 Å². The van der Waals surface area contributed by atoms with Gasteiger partial charge in [-0.15, -0.1) is 11.3 Å². The van der Waals surface area contributed by atoms with E-state index in [4.69, 9.17) is 10.5 Å². The zero-order valence-corrected chi connectivity index (χ0v) is 21.7. The third-order valence-corrected chi connectivity index (χ3v) is 8.61. The smallest absolute Gasteiger partial charge is 0.417 e. The lowest BCUT2D eigenvalue weighted by Crippen LogP contribution is -2.29. The predicted octanol–water partition coefficient (Wildman–Crippen LogP) is 4.35. The van der Waals surface area contributed by atoms with Crippen LogP contribution >= 0.6 is 11.3 Å². The van der Waals surface area contributed by atoms with Crippen molar-refractivity contribution in [3.8, 4) is 17.1 Å². The van der Waals surface area contributed by atoms with Gasteiger partial charge in [-0.1, -0.05) is 19.9 Å². The Hall–Kier alpha value is -3.26. The summed E-state index contributed by atoms with van der Waals surface area (Å²) in [6.45, 7) is 4.99. The molecule has 1 aromatic carbocycles. The molecule has 14 heteroatoms. The average Bonchev–Trinajstić information content (AvgIpc) is 3.58.